The molecule has 27 heavy (non-hydrogen) atoms. The number of hydrogen-bond donors (Lipinski definition) is 0. The van der Waals surface area contributed by atoms with Gasteiger partial charge in [-0.05, 0) is 38.5 Å². The minimum absolute atomic E-state index is 0.0670. The summed E-state index contributed by atoms with van der Waals surface area (Å²) in [7, 11) is 1.70. The van der Waals surface area contributed by atoms with Crippen molar-refractivity contribution in [3.05, 3.63) is 52.6 Å². The molecule has 0 spiro atoms. The van der Waals surface area contributed by atoms with Gasteiger partial charge in [-0.15, -0.1) is 0 Å². The molecule has 0 amide bonds. The smallest absolute Gasteiger partial charge is 0.231 e. The predicted octanol–water partition coefficient (Wildman–Crippen LogP) is 4.54. The van der Waals surface area contributed by atoms with E-state index in [4.69, 9.17) is 23.7 Å². The maximum atomic E-state index is 6.34. The minimum atomic E-state index is -0.0670. The lowest BCUT2D eigenvalue weighted by molar-refractivity contribution is 0.137. The molecule has 0 aromatic heterocycles. The Hall–Kier alpha value is -2.82. The van der Waals surface area contributed by atoms with Crippen LogP contribution >= 0.6 is 0 Å². The van der Waals surface area contributed by atoms with Crippen LogP contribution in [0.25, 0.3) is 0 Å². The summed E-state index contributed by atoms with van der Waals surface area (Å²) < 4.78 is 29.2. The van der Waals surface area contributed by atoms with Gasteiger partial charge in [0, 0.05) is 22.8 Å². The third-order valence-electron chi connectivity index (χ3n) is 5.42. The van der Waals surface area contributed by atoms with Gasteiger partial charge in [-0.3, -0.25) is 0 Å². The van der Waals surface area contributed by atoms with Crippen molar-refractivity contribution >= 4 is 0 Å². The van der Waals surface area contributed by atoms with Gasteiger partial charge in [0.1, 0.15) is 23.4 Å². The maximum absolute atomic E-state index is 6.34. The lowest BCUT2D eigenvalue weighted by Crippen LogP contribution is -2.24. The van der Waals surface area contributed by atoms with Gasteiger partial charge in [0.15, 0.2) is 11.5 Å². The summed E-state index contributed by atoms with van der Waals surface area (Å²) in [6, 6.07) is 8.04. The highest BCUT2D eigenvalue weighted by atomic mass is 16.7. The lowest BCUT2D eigenvalue weighted by Gasteiger charge is -2.30. The average molecular weight is 366 g/mol. The number of ether oxygens (including phenoxy) is 5. The van der Waals surface area contributed by atoms with Gasteiger partial charge in [-0.25, -0.2) is 0 Å². The van der Waals surface area contributed by atoms with Crippen molar-refractivity contribution in [1.29, 1.82) is 0 Å². The topological polar surface area (TPSA) is 46.2 Å². The zero-order chi connectivity index (χ0) is 18.5. The molecule has 0 aliphatic carbocycles. The van der Waals surface area contributed by atoms with Crippen LogP contribution in [0.2, 0.25) is 0 Å². The van der Waals surface area contributed by atoms with Gasteiger partial charge in [0.2, 0.25) is 6.79 Å². The van der Waals surface area contributed by atoms with E-state index in [1.54, 1.807) is 7.11 Å². The number of fused-ring (bicyclic) bond motifs is 6. The molecule has 3 heterocycles. The highest BCUT2D eigenvalue weighted by Gasteiger charge is 2.43. The molecule has 0 saturated carbocycles. The molecule has 5 heteroatoms. The van der Waals surface area contributed by atoms with Crippen LogP contribution in [-0.2, 0) is 6.42 Å². The Kier molecular flexibility index (Phi) is 3.71. The lowest BCUT2D eigenvalue weighted by atomic mass is 9.87. The second kappa shape index (κ2) is 6.12. The van der Waals surface area contributed by atoms with E-state index in [0.717, 1.165) is 51.9 Å². The van der Waals surface area contributed by atoms with E-state index in [0.29, 0.717) is 6.61 Å². The fourth-order valence-corrected chi connectivity index (χ4v) is 4.06. The number of benzene rings is 2. The van der Waals surface area contributed by atoms with Crippen LogP contribution in [0.3, 0.4) is 0 Å². The molecule has 5 rings (SSSR count). The molecule has 0 saturated heterocycles. The van der Waals surface area contributed by atoms with Crippen molar-refractivity contribution in [2.24, 2.45) is 0 Å². The highest BCUT2D eigenvalue weighted by Crippen LogP contribution is 2.55. The standard InChI is InChI=1S/C22H22O5/c1-12(2)4-5-13-17(23-3)7-6-14-21(13)24-10-16-15-8-19-20(26-11-25-19)9-18(15)27-22(14)16/h4,6-9,16,22H,5,10-11H2,1-3H3/t16-,22-/m1/s1. The Morgan fingerprint density at radius 3 is 2.67 bits per heavy atom. The summed E-state index contributed by atoms with van der Waals surface area (Å²) in [5.41, 5.74) is 4.53. The Morgan fingerprint density at radius 1 is 1.07 bits per heavy atom. The van der Waals surface area contributed by atoms with E-state index in [1.165, 1.54) is 5.57 Å². The number of rotatable bonds is 3. The summed E-state index contributed by atoms with van der Waals surface area (Å²) >= 11 is 0. The van der Waals surface area contributed by atoms with Crippen molar-refractivity contribution in [2.45, 2.75) is 32.3 Å². The summed E-state index contributed by atoms with van der Waals surface area (Å²) in [6.45, 7) is 5.02. The van der Waals surface area contributed by atoms with E-state index in [1.807, 2.05) is 18.2 Å². The molecule has 0 N–H and O–H groups in total. The van der Waals surface area contributed by atoms with Crippen LogP contribution in [-0.4, -0.2) is 20.5 Å². The van der Waals surface area contributed by atoms with E-state index in [2.05, 4.69) is 26.0 Å². The van der Waals surface area contributed by atoms with Crippen LogP contribution in [0, 0.1) is 0 Å². The highest BCUT2D eigenvalue weighted by molar-refractivity contribution is 5.59. The first-order valence-corrected chi connectivity index (χ1v) is 9.22. The Bertz CT molecular complexity index is 942. The molecule has 0 radical (unpaired) electrons. The predicted molar refractivity (Wildman–Crippen MR) is 100 cm³/mol. The van der Waals surface area contributed by atoms with Gasteiger partial charge < -0.3 is 23.7 Å². The van der Waals surface area contributed by atoms with Crippen LogP contribution in [0.15, 0.2) is 35.9 Å². The molecular weight excluding hydrogens is 344 g/mol. The molecule has 2 aromatic carbocycles. The second-order valence-electron chi connectivity index (χ2n) is 7.35. The summed E-state index contributed by atoms with van der Waals surface area (Å²) in [4.78, 5) is 0. The van der Waals surface area contributed by atoms with Gasteiger partial charge in [0.05, 0.1) is 19.6 Å². The average Bonchev–Trinajstić information content (AvgIpc) is 3.27. The minimum Gasteiger partial charge on any atom is -0.496 e. The normalized spacial score (nSPS) is 20.7. The Labute approximate surface area is 158 Å². The van der Waals surface area contributed by atoms with Crippen molar-refractivity contribution in [1.82, 2.24) is 0 Å². The van der Waals surface area contributed by atoms with Crippen molar-refractivity contribution < 1.29 is 23.7 Å². The van der Waals surface area contributed by atoms with Crippen LogP contribution in [0.4, 0.5) is 0 Å². The monoisotopic (exact) mass is 366 g/mol. The Morgan fingerprint density at radius 2 is 1.89 bits per heavy atom. The quantitative estimate of drug-likeness (QED) is 0.746. The largest absolute Gasteiger partial charge is 0.496 e. The molecule has 2 aromatic rings. The number of methoxy groups -OCH3 is 1. The molecule has 2 atom stereocenters. The molecule has 0 unspecified atom stereocenters. The van der Waals surface area contributed by atoms with Gasteiger partial charge in [-0.1, -0.05) is 11.6 Å². The molecule has 5 nitrogen and oxygen atoms in total. The van der Waals surface area contributed by atoms with Crippen molar-refractivity contribution in [2.75, 3.05) is 20.5 Å². The zero-order valence-electron chi connectivity index (χ0n) is 15.7. The van der Waals surface area contributed by atoms with E-state index >= 15 is 0 Å². The molecule has 3 aliphatic heterocycles. The number of allylic oxidation sites excluding steroid dienone is 2. The van der Waals surface area contributed by atoms with Crippen molar-refractivity contribution in [3.63, 3.8) is 0 Å². The summed E-state index contributed by atoms with van der Waals surface area (Å²) in [6.07, 6.45) is 2.90. The molecule has 140 valence electrons. The fourth-order valence-electron chi connectivity index (χ4n) is 4.06. The van der Waals surface area contributed by atoms with Crippen LogP contribution < -0.4 is 23.7 Å². The van der Waals surface area contributed by atoms with Crippen LogP contribution in [0.5, 0.6) is 28.7 Å². The Balaban J connectivity index is 1.56. The van der Waals surface area contributed by atoms with Crippen molar-refractivity contribution in [3.8, 4) is 28.7 Å². The zero-order valence-corrected chi connectivity index (χ0v) is 15.7. The molecular formula is C22H22O5. The van der Waals surface area contributed by atoms with Gasteiger partial charge in [-0.2, -0.15) is 0 Å². The van der Waals surface area contributed by atoms with E-state index in [9.17, 15) is 0 Å². The summed E-state index contributed by atoms with van der Waals surface area (Å²) in [5, 5.41) is 0. The first-order chi connectivity index (χ1) is 13.2. The fraction of sp³-hybridized carbons (Fsp3) is 0.364. The first kappa shape index (κ1) is 16.4. The number of hydrogen-bond acceptors (Lipinski definition) is 5. The molecule has 0 fully saturated rings. The molecule has 3 aliphatic rings. The SMILES string of the molecule is COc1ccc2c(c1CC=C(C)C)OC[C@@H]1c3cc4c(cc3O[C@H]21)OCO4. The van der Waals surface area contributed by atoms with Gasteiger partial charge >= 0.3 is 0 Å². The van der Waals surface area contributed by atoms with E-state index < -0.39 is 0 Å². The summed E-state index contributed by atoms with van der Waals surface area (Å²) in [5.74, 6) is 4.26. The third-order valence-corrected chi connectivity index (χ3v) is 5.42. The molecule has 0 bridgehead atoms. The van der Waals surface area contributed by atoms with Crippen LogP contribution in [0.1, 0.15) is 42.6 Å². The second-order valence-corrected chi connectivity index (χ2v) is 7.35. The maximum Gasteiger partial charge on any atom is 0.231 e. The first-order valence-electron chi connectivity index (χ1n) is 9.22. The third kappa shape index (κ3) is 2.52. The van der Waals surface area contributed by atoms with E-state index in [-0.39, 0.29) is 18.8 Å². The van der Waals surface area contributed by atoms with Gasteiger partial charge in [0.25, 0.3) is 0 Å².